The lowest BCUT2D eigenvalue weighted by Crippen LogP contribution is -2.56. The lowest BCUT2D eigenvalue weighted by atomic mass is 10.0. The average Bonchev–Trinajstić information content (AvgIpc) is 3.19. The van der Waals surface area contributed by atoms with Crippen LogP contribution in [0.1, 0.15) is 64.4 Å². The molecule has 0 radical (unpaired) electrons. The van der Waals surface area contributed by atoms with Crippen LogP contribution in [-0.4, -0.2) is 29.3 Å². The quantitative estimate of drug-likeness (QED) is 0.511. The van der Waals surface area contributed by atoms with Crippen LogP contribution in [0, 0.1) is 11.8 Å². The molecule has 1 aliphatic heterocycles. The number of piperidine rings is 1. The minimum absolute atomic E-state index is 0.143. The molecule has 7 heteroatoms. The molecule has 5 nitrogen and oxygen atoms in total. The van der Waals surface area contributed by atoms with Gasteiger partial charge in [-0.2, -0.15) is 0 Å². The van der Waals surface area contributed by atoms with Gasteiger partial charge in [-0.05, 0) is 24.8 Å². The zero-order valence-electron chi connectivity index (χ0n) is 15.9. The number of aromatic nitrogens is 1. The lowest BCUT2D eigenvalue weighted by Gasteiger charge is -2.35. The average molecular weight is 382 g/mol. The van der Waals surface area contributed by atoms with Crippen LogP contribution >= 0.6 is 0 Å². The number of fused-ring (bicyclic) bond motifs is 2. The SMILES string of the molecule is CCCCCC(C)C(=O)O[C@]12C[C@H](CN1)C[C@H]2Oc1ccc(C(F)F)cn1. The van der Waals surface area contributed by atoms with Crippen molar-refractivity contribution in [3.63, 3.8) is 0 Å². The molecule has 1 aromatic rings. The van der Waals surface area contributed by atoms with Gasteiger partial charge >= 0.3 is 5.97 Å². The van der Waals surface area contributed by atoms with Gasteiger partial charge in [0.25, 0.3) is 6.43 Å². The van der Waals surface area contributed by atoms with E-state index in [0.717, 1.165) is 44.8 Å². The summed E-state index contributed by atoms with van der Waals surface area (Å²) in [5.41, 5.74) is -0.987. The van der Waals surface area contributed by atoms with Crippen molar-refractivity contribution < 1.29 is 23.0 Å². The Morgan fingerprint density at radius 2 is 2.22 bits per heavy atom. The number of carbonyl (C=O) groups excluding carboxylic acids is 1. The fraction of sp³-hybridized carbons (Fsp3) is 0.700. The highest BCUT2D eigenvalue weighted by molar-refractivity contribution is 5.72. The number of halogens is 2. The number of hydrogen-bond donors (Lipinski definition) is 1. The van der Waals surface area contributed by atoms with Crippen molar-refractivity contribution in [2.75, 3.05) is 6.54 Å². The van der Waals surface area contributed by atoms with E-state index in [-0.39, 0.29) is 29.4 Å². The number of pyridine rings is 1. The Balaban J connectivity index is 1.63. The Kier molecular flexibility index (Phi) is 6.29. The first-order valence-corrected chi connectivity index (χ1v) is 9.82. The van der Waals surface area contributed by atoms with Crippen LogP contribution in [-0.2, 0) is 9.53 Å². The van der Waals surface area contributed by atoms with E-state index in [2.05, 4.69) is 17.2 Å². The summed E-state index contributed by atoms with van der Waals surface area (Å²) in [7, 11) is 0. The first kappa shape index (κ1) is 20.0. The smallest absolute Gasteiger partial charge is 0.310 e. The highest BCUT2D eigenvalue weighted by atomic mass is 19.3. The summed E-state index contributed by atoms with van der Waals surface area (Å²) >= 11 is 0. The summed E-state index contributed by atoms with van der Waals surface area (Å²) in [5.74, 6) is 0.274. The van der Waals surface area contributed by atoms with Crippen molar-refractivity contribution in [2.45, 2.75) is 70.6 Å². The molecule has 1 saturated carbocycles. The molecule has 150 valence electrons. The highest BCUT2D eigenvalue weighted by Gasteiger charge is 2.57. The zero-order valence-corrected chi connectivity index (χ0v) is 15.9. The van der Waals surface area contributed by atoms with E-state index < -0.39 is 12.2 Å². The summed E-state index contributed by atoms with van der Waals surface area (Å²) < 4.78 is 37.2. The first-order valence-electron chi connectivity index (χ1n) is 9.82. The third-order valence-corrected chi connectivity index (χ3v) is 5.55. The second-order valence-corrected chi connectivity index (χ2v) is 7.73. The van der Waals surface area contributed by atoms with Gasteiger partial charge in [0.15, 0.2) is 6.10 Å². The van der Waals surface area contributed by atoms with Crippen LogP contribution in [0.3, 0.4) is 0 Å². The Bertz CT molecular complexity index is 641. The molecule has 27 heavy (non-hydrogen) atoms. The van der Waals surface area contributed by atoms with E-state index in [0.29, 0.717) is 12.3 Å². The molecule has 3 rings (SSSR count). The lowest BCUT2D eigenvalue weighted by molar-refractivity contribution is -0.176. The van der Waals surface area contributed by atoms with Gasteiger partial charge in [0, 0.05) is 30.8 Å². The number of nitrogens with zero attached hydrogens (tertiary/aromatic N) is 1. The van der Waals surface area contributed by atoms with Gasteiger partial charge in [0.2, 0.25) is 11.6 Å². The summed E-state index contributed by atoms with van der Waals surface area (Å²) in [4.78, 5) is 16.5. The fourth-order valence-electron chi connectivity index (χ4n) is 3.92. The van der Waals surface area contributed by atoms with E-state index >= 15 is 0 Å². The van der Waals surface area contributed by atoms with Crippen molar-refractivity contribution in [2.24, 2.45) is 11.8 Å². The van der Waals surface area contributed by atoms with Gasteiger partial charge in [-0.25, -0.2) is 13.8 Å². The molecule has 0 amide bonds. The monoisotopic (exact) mass is 382 g/mol. The molecule has 2 bridgehead atoms. The van der Waals surface area contributed by atoms with Gasteiger partial charge < -0.3 is 9.47 Å². The van der Waals surface area contributed by atoms with E-state index in [9.17, 15) is 13.6 Å². The van der Waals surface area contributed by atoms with E-state index in [1.165, 1.54) is 12.1 Å². The number of carbonyl (C=O) groups is 1. The fourth-order valence-corrected chi connectivity index (χ4v) is 3.92. The third kappa shape index (κ3) is 4.57. The molecule has 1 unspecified atom stereocenters. The van der Waals surface area contributed by atoms with Crippen LogP contribution in [0.2, 0.25) is 0 Å². The Morgan fingerprint density at radius 3 is 2.85 bits per heavy atom. The summed E-state index contributed by atoms with van der Waals surface area (Å²) in [6.07, 6.45) is 3.70. The van der Waals surface area contributed by atoms with Gasteiger partial charge in [0.05, 0.1) is 5.92 Å². The standard InChI is InChI=1S/C20H28F2N2O3/c1-3-4-5-6-13(2)19(25)27-20-10-14(11-24-20)9-16(20)26-17-8-7-15(12-23-17)18(21)22/h7-8,12-14,16,18,24H,3-6,9-11H2,1-2H3/t13?,14-,16-,20+/m1/s1. The molecule has 2 heterocycles. The zero-order chi connectivity index (χ0) is 19.4. The van der Waals surface area contributed by atoms with Crippen molar-refractivity contribution in [3.8, 4) is 5.88 Å². The van der Waals surface area contributed by atoms with Crippen molar-refractivity contribution >= 4 is 5.97 Å². The van der Waals surface area contributed by atoms with Gasteiger partial charge in [-0.3, -0.25) is 10.1 Å². The van der Waals surface area contributed by atoms with E-state index in [4.69, 9.17) is 9.47 Å². The number of rotatable bonds is 9. The van der Waals surface area contributed by atoms with E-state index in [1.807, 2.05) is 6.92 Å². The first-order chi connectivity index (χ1) is 12.9. The molecule has 2 aliphatic rings. The number of esters is 1. The number of ether oxygens (including phenoxy) is 2. The van der Waals surface area contributed by atoms with Gasteiger partial charge in [-0.15, -0.1) is 0 Å². The van der Waals surface area contributed by atoms with Crippen molar-refractivity contribution in [3.05, 3.63) is 23.9 Å². The Hall–Kier alpha value is -1.76. The summed E-state index contributed by atoms with van der Waals surface area (Å²) in [6.45, 7) is 4.82. The molecular formula is C20H28F2N2O3. The highest BCUT2D eigenvalue weighted by Crippen LogP contribution is 2.43. The van der Waals surface area contributed by atoms with Gasteiger partial charge in [-0.1, -0.05) is 33.1 Å². The maximum absolute atomic E-state index is 12.7. The largest absolute Gasteiger partial charge is 0.469 e. The second kappa shape index (κ2) is 8.50. The molecule has 2 fully saturated rings. The third-order valence-electron chi connectivity index (χ3n) is 5.55. The van der Waals surface area contributed by atoms with Crippen LogP contribution in [0.5, 0.6) is 5.88 Å². The Morgan fingerprint density at radius 1 is 1.41 bits per heavy atom. The van der Waals surface area contributed by atoms with Crippen LogP contribution < -0.4 is 10.1 Å². The van der Waals surface area contributed by atoms with Crippen LogP contribution in [0.15, 0.2) is 18.3 Å². The molecule has 0 aromatic carbocycles. The minimum Gasteiger partial charge on any atom is -0.469 e. The van der Waals surface area contributed by atoms with Crippen LogP contribution in [0.4, 0.5) is 8.78 Å². The molecule has 1 N–H and O–H groups in total. The molecule has 1 saturated heterocycles. The van der Waals surface area contributed by atoms with Crippen LogP contribution in [0.25, 0.3) is 0 Å². The molecule has 1 aromatic heterocycles. The summed E-state index contributed by atoms with van der Waals surface area (Å²) in [5, 5.41) is 3.31. The van der Waals surface area contributed by atoms with Crippen molar-refractivity contribution in [1.29, 1.82) is 0 Å². The number of nitrogens with one attached hydrogen (secondary N) is 1. The molecular weight excluding hydrogens is 354 g/mol. The maximum Gasteiger partial charge on any atom is 0.310 e. The van der Waals surface area contributed by atoms with Crippen molar-refractivity contribution in [1.82, 2.24) is 10.3 Å². The molecule has 0 spiro atoms. The van der Waals surface area contributed by atoms with Gasteiger partial charge in [0.1, 0.15) is 0 Å². The predicted molar refractivity (Wildman–Crippen MR) is 96.5 cm³/mol. The number of alkyl halides is 2. The number of hydrogen-bond acceptors (Lipinski definition) is 5. The summed E-state index contributed by atoms with van der Waals surface area (Å²) in [6, 6.07) is 2.75. The Labute approximate surface area is 158 Å². The predicted octanol–water partition coefficient (Wildman–Crippen LogP) is 4.24. The topological polar surface area (TPSA) is 60.5 Å². The van der Waals surface area contributed by atoms with E-state index in [1.54, 1.807) is 0 Å². The normalized spacial score (nSPS) is 27.7. The molecule has 4 atom stereocenters. The minimum atomic E-state index is -2.56. The maximum atomic E-state index is 12.7. The number of unbranched alkanes of at least 4 members (excludes halogenated alkanes) is 2. The second-order valence-electron chi connectivity index (χ2n) is 7.73. The molecule has 1 aliphatic carbocycles.